The van der Waals surface area contributed by atoms with E-state index in [1.807, 2.05) is 0 Å². The van der Waals surface area contributed by atoms with E-state index in [0.29, 0.717) is 18.0 Å². The van der Waals surface area contributed by atoms with Crippen LogP contribution in [0.5, 0.6) is 0 Å². The topological polar surface area (TPSA) is 15.3 Å². The summed E-state index contributed by atoms with van der Waals surface area (Å²) in [4.78, 5) is 2.62. The van der Waals surface area contributed by atoms with Gasteiger partial charge >= 0.3 is 0 Å². The van der Waals surface area contributed by atoms with Crippen molar-refractivity contribution in [2.24, 2.45) is 11.8 Å². The molecule has 2 fully saturated rings. The van der Waals surface area contributed by atoms with Crippen LogP contribution in [-0.2, 0) is 0 Å². The van der Waals surface area contributed by atoms with Gasteiger partial charge in [-0.25, -0.2) is 0 Å². The maximum atomic E-state index is 3.97. The minimum Gasteiger partial charge on any atom is -0.307 e. The molecule has 2 nitrogen and oxygen atoms in total. The van der Waals surface area contributed by atoms with Gasteiger partial charge in [0.2, 0.25) is 0 Å². The highest BCUT2D eigenvalue weighted by atomic mass is 15.2. The molecule has 2 heterocycles. The van der Waals surface area contributed by atoms with Gasteiger partial charge in [0.1, 0.15) is 0 Å². The summed E-state index contributed by atoms with van der Waals surface area (Å²) in [7, 11) is 0. The molecule has 2 heteroatoms. The smallest absolute Gasteiger partial charge is 0.0345 e. The van der Waals surface area contributed by atoms with E-state index >= 15 is 0 Å². The van der Waals surface area contributed by atoms with Crippen LogP contribution in [0.2, 0.25) is 0 Å². The van der Waals surface area contributed by atoms with Gasteiger partial charge in [-0.1, -0.05) is 44.2 Å². The number of fused-ring (bicyclic) bond motifs is 2. The Bertz CT molecular complexity index is 401. The first kappa shape index (κ1) is 13.1. The zero-order chi connectivity index (χ0) is 13.2. The van der Waals surface area contributed by atoms with Gasteiger partial charge in [-0.15, -0.1) is 0 Å². The fourth-order valence-electron chi connectivity index (χ4n) is 3.74. The van der Waals surface area contributed by atoms with Gasteiger partial charge in [-0.05, 0) is 43.3 Å². The molecule has 1 aromatic rings. The molecule has 1 N–H and O–H groups in total. The minimum absolute atomic E-state index is 0.498. The molecule has 0 aromatic heterocycles. The molecule has 1 aromatic carbocycles. The Balaban J connectivity index is 1.71. The lowest BCUT2D eigenvalue weighted by Gasteiger charge is -2.35. The second kappa shape index (κ2) is 5.64. The van der Waals surface area contributed by atoms with Crippen LogP contribution in [0.1, 0.15) is 38.3 Å². The van der Waals surface area contributed by atoms with E-state index in [1.54, 1.807) is 0 Å². The van der Waals surface area contributed by atoms with E-state index < -0.39 is 0 Å². The molecule has 2 aliphatic heterocycles. The average Bonchev–Trinajstić information content (AvgIpc) is 2.81. The zero-order valence-electron chi connectivity index (χ0n) is 12.2. The van der Waals surface area contributed by atoms with Gasteiger partial charge in [0.25, 0.3) is 0 Å². The molecule has 0 radical (unpaired) electrons. The van der Waals surface area contributed by atoms with Crippen LogP contribution in [0.15, 0.2) is 30.3 Å². The van der Waals surface area contributed by atoms with Gasteiger partial charge in [0, 0.05) is 18.6 Å². The summed E-state index contributed by atoms with van der Waals surface area (Å²) in [6.07, 6.45) is 2.71. The van der Waals surface area contributed by atoms with Crippen LogP contribution < -0.4 is 5.32 Å². The standard InChI is InChI=1S/C17H26N2/c1-13(2)17(14-6-4-3-5-7-14)18-16-9-11-19-10-8-15(16)12-19/h3-7,13,15-18H,8-12H2,1-2H3. The van der Waals surface area contributed by atoms with Crippen molar-refractivity contribution < 1.29 is 0 Å². The van der Waals surface area contributed by atoms with Gasteiger partial charge in [-0.3, -0.25) is 0 Å². The Labute approximate surface area is 117 Å². The van der Waals surface area contributed by atoms with Crippen molar-refractivity contribution in [1.29, 1.82) is 0 Å². The zero-order valence-corrected chi connectivity index (χ0v) is 12.2. The van der Waals surface area contributed by atoms with Crippen molar-refractivity contribution in [3.63, 3.8) is 0 Å². The lowest BCUT2D eigenvalue weighted by atomic mass is 9.89. The van der Waals surface area contributed by atoms with Gasteiger partial charge < -0.3 is 10.2 Å². The third-order valence-corrected chi connectivity index (χ3v) is 4.85. The number of rotatable bonds is 4. The largest absolute Gasteiger partial charge is 0.307 e. The summed E-state index contributed by atoms with van der Waals surface area (Å²) in [5.74, 6) is 1.51. The maximum absolute atomic E-state index is 3.97. The van der Waals surface area contributed by atoms with Crippen molar-refractivity contribution in [2.45, 2.75) is 38.8 Å². The fourth-order valence-corrected chi connectivity index (χ4v) is 3.74. The first-order valence-corrected chi connectivity index (χ1v) is 7.77. The van der Waals surface area contributed by atoms with Crippen LogP contribution >= 0.6 is 0 Å². The van der Waals surface area contributed by atoms with E-state index in [-0.39, 0.29) is 0 Å². The molecular formula is C17H26N2. The van der Waals surface area contributed by atoms with E-state index in [0.717, 1.165) is 5.92 Å². The first-order chi connectivity index (χ1) is 9.24. The molecule has 0 spiro atoms. The Morgan fingerprint density at radius 2 is 1.84 bits per heavy atom. The van der Waals surface area contributed by atoms with E-state index in [1.165, 1.54) is 38.0 Å². The number of nitrogens with one attached hydrogen (secondary N) is 1. The Morgan fingerprint density at radius 3 is 2.58 bits per heavy atom. The number of piperidine rings is 1. The third-order valence-electron chi connectivity index (χ3n) is 4.85. The molecule has 104 valence electrons. The number of nitrogens with zero attached hydrogens (tertiary/aromatic N) is 1. The Hall–Kier alpha value is -0.860. The monoisotopic (exact) mass is 258 g/mol. The second-order valence-corrected chi connectivity index (χ2v) is 6.54. The number of hydrogen-bond acceptors (Lipinski definition) is 2. The summed E-state index contributed by atoms with van der Waals surface area (Å²) < 4.78 is 0. The highest BCUT2D eigenvalue weighted by molar-refractivity contribution is 5.19. The molecule has 19 heavy (non-hydrogen) atoms. The van der Waals surface area contributed by atoms with E-state index in [2.05, 4.69) is 54.4 Å². The molecule has 2 bridgehead atoms. The van der Waals surface area contributed by atoms with Gasteiger partial charge in [0.15, 0.2) is 0 Å². The highest BCUT2D eigenvalue weighted by Crippen LogP contribution is 2.30. The average molecular weight is 258 g/mol. The summed E-state index contributed by atoms with van der Waals surface area (Å²) in [5.41, 5.74) is 1.44. The van der Waals surface area contributed by atoms with Crippen LogP contribution in [0.3, 0.4) is 0 Å². The molecule has 3 rings (SSSR count). The van der Waals surface area contributed by atoms with Crippen molar-refractivity contribution >= 4 is 0 Å². The predicted octanol–water partition coefficient (Wildman–Crippen LogP) is 3.07. The Kier molecular flexibility index (Phi) is 3.90. The normalized spacial score (nSPS) is 31.6. The molecular weight excluding hydrogens is 232 g/mol. The summed E-state index contributed by atoms with van der Waals surface area (Å²) in [6, 6.07) is 12.2. The molecule has 0 aliphatic carbocycles. The van der Waals surface area contributed by atoms with E-state index in [9.17, 15) is 0 Å². The molecule has 0 amide bonds. The van der Waals surface area contributed by atoms with Crippen molar-refractivity contribution in [3.8, 4) is 0 Å². The molecule has 0 saturated carbocycles. The highest BCUT2D eigenvalue weighted by Gasteiger charge is 2.35. The summed E-state index contributed by atoms with van der Waals surface area (Å²) >= 11 is 0. The number of hydrogen-bond donors (Lipinski definition) is 1. The molecule has 2 aliphatic rings. The quantitative estimate of drug-likeness (QED) is 0.893. The number of benzene rings is 1. The third kappa shape index (κ3) is 2.85. The van der Waals surface area contributed by atoms with Crippen molar-refractivity contribution in [3.05, 3.63) is 35.9 Å². The van der Waals surface area contributed by atoms with Crippen LogP contribution in [0.4, 0.5) is 0 Å². The first-order valence-electron chi connectivity index (χ1n) is 7.77. The van der Waals surface area contributed by atoms with Gasteiger partial charge in [-0.2, -0.15) is 0 Å². The maximum Gasteiger partial charge on any atom is 0.0345 e. The van der Waals surface area contributed by atoms with Gasteiger partial charge in [0.05, 0.1) is 0 Å². The van der Waals surface area contributed by atoms with E-state index in [4.69, 9.17) is 0 Å². The SMILES string of the molecule is CC(C)C(NC1CCN2CCC1C2)c1ccccc1. The molecule has 2 saturated heterocycles. The van der Waals surface area contributed by atoms with Crippen molar-refractivity contribution in [1.82, 2.24) is 10.2 Å². The lowest BCUT2D eigenvalue weighted by Crippen LogP contribution is -2.46. The lowest BCUT2D eigenvalue weighted by molar-refractivity contribution is 0.199. The predicted molar refractivity (Wildman–Crippen MR) is 80.1 cm³/mol. The minimum atomic E-state index is 0.498. The second-order valence-electron chi connectivity index (χ2n) is 6.54. The fraction of sp³-hybridized carbons (Fsp3) is 0.647. The Morgan fingerprint density at radius 1 is 1.11 bits per heavy atom. The van der Waals surface area contributed by atoms with Crippen LogP contribution in [0, 0.1) is 11.8 Å². The van der Waals surface area contributed by atoms with Crippen LogP contribution in [-0.4, -0.2) is 30.6 Å². The van der Waals surface area contributed by atoms with Crippen LogP contribution in [0.25, 0.3) is 0 Å². The van der Waals surface area contributed by atoms with Crippen molar-refractivity contribution in [2.75, 3.05) is 19.6 Å². The summed E-state index contributed by atoms with van der Waals surface area (Å²) in [6.45, 7) is 8.58. The molecule has 4 unspecified atom stereocenters. The molecule has 4 atom stereocenters. The summed E-state index contributed by atoms with van der Waals surface area (Å²) in [5, 5.41) is 3.97.